The van der Waals surface area contributed by atoms with Crippen LogP contribution in [0.25, 0.3) is 22.6 Å². The first kappa shape index (κ1) is 13.3. The van der Waals surface area contributed by atoms with Gasteiger partial charge in [-0.05, 0) is 23.8 Å². The number of ether oxygens (including phenoxy) is 1. The monoisotopic (exact) mass is 283 g/mol. The van der Waals surface area contributed by atoms with Crippen LogP contribution >= 0.6 is 0 Å². The number of hydrogen-bond donors (Lipinski definition) is 2. The predicted molar refractivity (Wildman–Crippen MR) is 77.0 cm³/mol. The second-order valence-electron chi connectivity index (χ2n) is 4.59. The van der Waals surface area contributed by atoms with E-state index in [1.165, 1.54) is 6.07 Å². The van der Waals surface area contributed by atoms with E-state index in [1.807, 2.05) is 24.3 Å². The van der Waals surface area contributed by atoms with Gasteiger partial charge in [-0.1, -0.05) is 18.2 Å². The third-order valence-electron chi connectivity index (χ3n) is 3.08. The number of imidazole rings is 1. The van der Waals surface area contributed by atoms with Gasteiger partial charge in [-0.2, -0.15) is 0 Å². The summed E-state index contributed by atoms with van der Waals surface area (Å²) in [6.07, 6.45) is 0. The number of carboxylic acids is 1. The Morgan fingerprint density at radius 1 is 1.29 bits per heavy atom. The molecule has 0 bridgehead atoms. The summed E-state index contributed by atoms with van der Waals surface area (Å²) in [7, 11) is 1.64. The van der Waals surface area contributed by atoms with Crippen LogP contribution in [-0.4, -0.2) is 33.1 Å². The van der Waals surface area contributed by atoms with Crippen LogP contribution in [-0.2, 0) is 11.3 Å². The molecule has 0 amide bonds. The van der Waals surface area contributed by atoms with Crippen molar-refractivity contribution in [2.75, 3.05) is 7.11 Å². The van der Waals surface area contributed by atoms with E-state index in [4.69, 9.17) is 9.84 Å². The maximum absolute atomic E-state index is 10.9. The Morgan fingerprint density at radius 3 is 2.90 bits per heavy atom. The first-order valence-corrected chi connectivity index (χ1v) is 6.35. The number of aromatic amines is 1. The smallest absolute Gasteiger partial charge is 0.354 e. The van der Waals surface area contributed by atoms with Crippen molar-refractivity contribution in [3.8, 4) is 11.4 Å². The molecule has 6 nitrogen and oxygen atoms in total. The van der Waals surface area contributed by atoms with Crippen LogP contribution in [0.3, 0.4) is 0 Å². The van der Waals surface area contributed by atoms with Crippen molar-refractivity contribution < 1.29 is 14.6 Å². The van der Waals surface area contributed by atoms with Gasteiger partial charge in [0.25, 0.3) is 0 Å². The van der Waals surface area contributed by atoms with Crippen LogP contribution in [0.4, 0.5) is 0 Å². The number of carbonyl (C=O) groups is 1. The molecule has 106 valence electrons. The zero-order valence-electron chi connectivity index (χ0n) is 11.3. The van der Waals surface area contributed by atoms with Gasteiger partial charge in [0.05, 0.1) is 12.1 Å². The number of H-pyrrole nitrogens is 1. The van der Waals surface area contributed by atoms with Crippen LogP contribution < -0.4 is 0 Å². The molecule has 3 rings (SSSR count). The molecule has 0 aliphatic heterocycles. The SMILES string of the molecule is COCc1cccc(-c2nc3nc(C(=O)O)ccc3[nH]2)c1. The van der Waals surface area contributed by atoms with E-state index in [2.05, 4.69) is 15.0 Å². The zero-order chi connectivity index (χ0) is 14.8. The van der Waals surface area contributed by atoms with Crippen molar-refractivity contribution in [1.82, 2.24) is 15.0 Å². The van der Waals surface area contributed by atoms with Crippen molar-refractivity contribution in [2.24, 2.45) is 0 Å². The average Bonchev–Trinajstić information content (AvgIpc) is 2.91. The minimum atomic E-state index is -1.07. The van der Waals surface area contributed by atoms with Crippen molar-refractivity contribution in [3.05, 3.63) is 47.7 Å². The molecule has 0 fully saturated rings. The van der Waals surface area contributed by atoms with Gasteiger partial charge < -0.3 is 14.8 Å². The van der Waals surface area contributed by atoms with E-state index in [9.17, 15) is 4.79 Å². The summed E-state index contributed by atoms with van der Waals surface area (Å²) in [5.41, 5.74) is 3.01. The number of pyridine rings is 1. The summed E-state index contributed by atoms with van der Waals surface area (Å²) >= 11 is 0. The fourth-order valence-electron chi connectivity index (χ4n) is 2.12. The maximum Gasteiger partial charge on any atom is 0.354 e. The van der Waals surface area contributed by atoms with Crippen LogP contribution in [0.5, 0.6) is 0 Å². The molecule has 21 heavy (non-hydrogen) atoms. The Morgan fingerprint density at radius 2 is 2.14 bits per heavy atom. The van der Waals surface area contributed by atoms with Gasteiger partial charge in [0, 0.05) is 12.7 Å². The molecule has 0 saturated carbocycles. The molecule has 2 aromatic heterocycles. The number of aromatic carboxylic acids is 1. The van der Waals surface area contributed by atoms with E-state index in [-0.39, 0.29) is 5.69 Å². The molecule has 6 heteroatoms. The maximum atomic E-state index is 10.9. The lowest BCUT2D eigenvalue weighted by Gasteiger charge is -2.01. The Labute approximate surface area is 120 Å². The Kier molecular flexibility index (Phi) is 3.37. The van der Waals surface area contributed by atoms with Gasteiger partial charge in [-0.3, -0.25) is 0 Å². The Bertz CT molecular complexity index is 811. The summed E-state index contributed by atoms with van der Waals surface area (Å²) in [5, 5.41) is 8.95. The topological polar surface area (TPSA) is 88.1 Å². The highest BCUT2D eigenvalue weighted by atomic mass is 16.5. The number of nitrogens with one attached hydrogen (secondary N) is 1. The zero-order valence-corrected chi connectivity index (χ0v) is 11.3. The molecular weight excluding hydrogens is 270 g/mol. The van der Waals surface area contributed by atoms with Gasteiger partial charge in [-0.25, -0.2) is 14.8 Å². The van der Waals surface area contributed by atoms with E-state index in [0.717, 1.165) is 11.1 Å². The normalized spacial score (nSPS) is 10.9. The molecule has 0 radical (unpaired) electrons. The highest BCUT2D eigenvalue weighted by Crippen LogP contribution is 2.21. The van der Waals surface area contributed by atoms with E-state index in [1.54, 1.807) is 13.2 Å². The van der Waals surface area contributed by atoms with Crippen LogP contribution in [0.1, 0.15) is 16.1 Å². The Hall–Kier alpha value is -2.73. The highest BCUT2D eigenvalue weighted by molar-refractivity contribution is 5.88. The largest absolute Gasteiger partial charge is 0.477 e. The number of nitrogens with zero attached hydrogens (tertiary/aromatic N) is 2. The lowest BCUT2D eigenvalue weighted by Crippen LogP contribution is -1.99. The standard InChI is InChI=1S/C15H13N3O3/c1-21-8-9-3-2-4-10(7-9)13-16-11-5-6-12(15(19)20)17-14(11)18-13/h2-7H,8H2,1H3,(H,19,20)(H,16,17,18). The lowest BCUT2D eigenvalue weighted by molar-refractivity contribution is 0.0691. The molecular formula is C15H13N3O3. The number of benzene rings is 1. The number of carboxylic acid groups (broad SMARTS) is 1. The summed E-state index contributed by atoms with van der Waals surface area (Å²) < 4.78 is 5.11. The predicted octanol–water partition coefficient (Wildman–Crippen LogP) is 2.47. The second-order valence-corrected chi connectivity index (χ2v) is 4.59. The van der Waals surface area contributed by atoms with Gasteiger partial charge in [0.2, 0.25) is 0 Å². The van der Waals surface area contributed by atoms with Crippen molar-refractivity contribution in [1.29, 1.82) is 0 Å². The first-order valence-electron chi connectivity index (χ1n) is 6.35. The molecule has 0 aliphatic carbocycles. The molecule has 2 heterocycles. The number of rotatable bonds is 4. The van der Waals surface area contributed by atoms with Crippen LogP contribution in [0.15, 0.2) is 36.4 Å². The first-order chi connectivity index (χ1) is 10.2. The van der Waals surface area contributed by atoms with Gasteiger partial charge in [0.15, 0.2) is 11.3 Å². The van der Waals surface area contributed by atoms with Crippen molar-refractivity contribution in [2.45, 2.75) is 6.61 Å². The minimum Gasteiger partial charge on any atom is -0.477 e. The summed E-state index contributed by atoms with van der Waals surface area (Å²) in [5.74, 6) is -0.415. The average molecular weight is 283 g/mol. The van der Waals surface area contributed by atoms with Gasteiger partial charge >= 0.3 is 5.97 Å². The molecule has 3 aromatic rings. The molecule has 0 unspecified atom stereocenters. The van der Waals surface area contributed by atoms with Crippen LogP contribution in [0, 0.1) is 0 Å². The molecule has 0 atom stereocenters. The summed E-state index contributed by atoms with van der Waals surface area (Å²) in [4.78, 5) is 22.4. The molecule has 0 spiro atoms. The lowest BCUT2D eigenvalue weighted by atomic mass is 10.1. The van der Waals surface area contributed by atoms with Crippen molar-refractivity contribution >= 4 is 17.1 Å². The van der Waals surface area contributed by atoms with Gasteiger partial charge in [-0.15, -0.1) is 0 Å². The number of aromatic nitrogens is 3. The van der Waals surface area contributed by atoms with Gasteiger partial charge in [0.1, 0.15) is 5.82 Å². The Balaban J connectivity index is 2.04. The third-order valence-corrected chi connectivity index (χ3v) is 3.08. The molecule has 0 aliphatic rings. The minimum absolute atomic E-state index is 0.0197. The van der Waals surface area contributed by atoms with E-state index < -0.39 is 5.97 Å². The van der Waals surface area contributed by atoms with E-state index >= 15 is 0 Å². The third kappa shape index (κ3) is 2.61. The molecule has 2 N–H and O–H groups in total. The highest BCUT2D eigenvalue weighted by Gasteiger charge is 2.10. The quantitative estimate of drug-likeness (QED) is 0.768. The summed E-state index contributed by atoms with van der Waals surface area (Å²) in [6, 6.07) is 10.9. The second kappa shape index (κ2) is 5.34. The molecule has 0 saturated heterocycles. The number of methoxy groups -OCH3 is 1. The van der Waals surface area contributed by atoms with Crippen molar-refractivity contribution in [3.63, 3.8) is 0 Å². The fraction of sp³-hybridized carbons (Fsp3) is 0.133. The van der Waals surface area contributed by atoms with Crippen LogP contribution in [0.2, 0.25) is 0 Å². The number of fused-ring (bicyclic) bond motifs is 1. The summed E-state index contributed by atoms with van der Waals surface area (Å²) in [6.45, 7) is 0.523. The fourth-order valence-corrected chi connectivity index (χ4v) is 2.12. The number of hydrogen-bond acceptors (Lipinski definition) is 4. The molecule has 1 aromatic carbocycles. The van der Waals surface area contributed by atoms with E-state index in [0.29, 0.717) is 23.6 Å².